The number of nitrogens with zero attached hydrogens (tertiary/aromatic N) is 1. The highest BCUT2D eigenvalue weighted by Crippen LogP contribution is 2.36. The van der Waals surface area contributed by atoms with Gasteiger partial charge in [-0.25, -0.2) is 4.39 Å². The van der Waals surface area contributed by atoms with Crippen LogP contribution in [0.1, 0.15) is 5.76 Å². The Morgan fingerprint density at radius 1 is 1.24 bits per heavy atom. The fourth-order valence-electron chi connectivity index (χ4n) is 1.82. The zero-order valence-electron chi connectivity index (χ0n) is 10.4. The van der Waals surface area contributed by atoms with Gasteiger partial charge in [0.1, 0.15) is 11.6 Å². The largest absolute Gasteiger partial charge is 0.450 e. The molecular formula is C14H7BrFNO2S2. The van der Waals surface area contributed by atoms with Gasteiger partial charge < -0.3 is 4.42 Å². The summed E-state index contributed by atoms with van der Waals surface area (Å²) in [6, 6.07) is 9.11. The smallest absolute Gasteiger partial charge is 0.270 e. The van der Waals surface area contributed by atoms with Gasteiger partial charge in [-0.05, 0) is 52.3 Å². The van der Waals surface area contributed by atoms with Crippen molar-refractivity contribution in [3.05, 3.63) is 57.6 Å². The highest BCUT2D eigenvalue weighted by molar-refractivity contribution is 9.10. The Morgan fingerprint density at radius 3 is 2.57 bits per heavy atom. The quantitative estimate of drug-likeness (QED) is 0.560. The van der Waals surface area contributed by atoms with Gasteiger partial charge >= 0.3 is 0 Å². The maximum atomic E-state index is 13.0. The van der Waals surface area contributed by atoms with Gasteiger partial charge in [0.05, 0.1) is 10.6 Å². The predicted molar refractivity (Wildman–Crippen MR) is 88.5 cm³/mol. The molecule has 1 aliphatic rings. The van der Waals surface area contributed by atoms with Crippen molar-refractivity contribution in [1.82, 2.24) is 0 Å². The molecule has 2 aromatic rings. The molecule has 1 aliphatic heterocycles. The van der Waals surface area contributed by atoms with Crippen LogP contribution in [0.3, 0.4) is 0 Å². The van der Waals surface area contributed by atoms with Crippen LogP contribution < -0.4 is 4.90 Å². The summed E-state index contributed by atoms with van der Waals surface area (Å²) in [5, 5.41) is 0. The summed E-state index contributed by atoms with van der Waals surface area (Å²) in [6.07, 6.45) is 1.63. The molecule has 106 valence electrons. The average Bonchev–Trinajstić information content (AvgIpc) is 2.96. The van der Waals surface area contributed by atoms with Crippen LogP contribution in [-0.2, 0) is 4.79 Å². The van der Waals surface area contributed by atoms with Crippen molar-refractivity contribution in [1.29, 1.82) is 0 Å². The minimum atomic E-state index is -0.361. The Morgan fingerprint density at radius 2 is 1.95 bits per heavy atom. The highest BCUT2D eigenvalue weighted by atomic mass is 79.9. The third-order valence-corrected chi connectivity index (χ3v) is 4.47. The van der Waals surface area contributed by atoms with Crippen LogP contribution in [0.2, 0.25) is 0 Å². The van der Waals surface area contributed by atoms with E-state index >= 15 is 0 Å². The molecule has 1 aromatic carbocycles. The second-order valence-electron chi connectivity index (χ2n) is 4.14. The number of hydrogen-bond acceptors (Lipinski definition) is 4. The molecule has 0 N–H and O–H groups in total. The van der Waals surface area contributed by atoms with Gasteiger partial charge in [-0.1, -0.05) is 24.0 Å². The van der Waals surface area contributed by atoms with Crippen LogP contribution in [0.15, 0.2) is 50.4 Å². The Kier molecular flexibility index (Phi) is 3.97. The molecule has 1 aromatic heterocycles. The Balaban J connectivity index is 1.92. The number of anilines is 1. The van der Waals surface area contributed by atoms with Crippen molar-refractivity contribution >= 4 is 61.9 Å². The Hall–Kier alpha value is -1.44. The molecule has 0 atom stereocenters. The zero-order valence-corrected chi connectivity index (χ0v) is 13.6. The van der Waals surface area contributed by atoms with Gasteiger partial charge in [-0.3, -0.25) is 9.69 Å². The summed E-state index contributed by atoms with van der Waals surface area (Å²) < 4.78 is 19.3. The highest BCUT2D eigenvalue weighted by Gasteiger charge is 2.33. The first-order valence-corrected chi connectivity index (χ1v) is 7.85. The lowest BCUT2D eigenvalue weighted by Gasteiger charge is -2.13. The second kappa shape index (κ2) is 5.75. The molecule has 3 rings (SSSR count). The van der Waals surface area contributed by atoms with Crippen LogP contribution >= 0.6 is 39.9 Å². The molecule has 0 aliphatic carbocycles. The summed E-state index contributed by atoms with van der Waals surface area (Å²) in [5.41, 5.74) is 0.544. The van der Waals surface area contributed by atoms with Crippen molar-refractivity contribution in [2.75, 3.05) is 4.90 Å². The third-order valence-electron chi connectivity index (χ3n) is 2.75. The number of carbonyl (C=O) groups is 1. The summed E-state index contributed by atoms with van der Waals surface area (Å²) >= 11 is 9.61. The van der Waals surface area contributed by atoms with Crippen LogP contribution in [0, 0.1) is 5.82 Å². The number of benzene rings is 1. The maximum Gasteiger partial charge on any atom is 0.270 e. The van der Waals surface area contributed by atoms with Crippen LogP contribution in [0.5, 0.6) is 0 Å². The average molecular weight is 384 g/mol. The number of furan rings is 1. The molecule has 1 amide bonds. The van der Waals surface area contributed by atoms with Crippen molar-refractivity contribution in [3.63, 3.8) is 0 Å². The number of hydrogen-bond donors (Lipinski definition) is 0. The van der Waals surface area contributed by atoms with Crippen molar-refractivity contribution < 1.29 is 13.6 Å². The zero-order chi connectivity index (χ0) is 15.0. The molecule has 3 nitrogen and oxygen atoms in total. The third kappa shape index (κ3) is 2.95. The van der Waals surface area contributed by atoms with E-state index in [1.165, 1.54) is 40.9 Å². The van der Waals surface area contributed by atoms with Crippen molar-refractivity contribution in [2.24, 2.45) is 0 Å². The number of thiocarbonyl (C=S) groups is 1. The molecule has 0 radical (unpaired) electrons. The van der Waals surface area contributed by atoms with Gasteiger partial charge in [0, 0.05) is 6.08 Å². The molecule has 0 spiro atoms. The summed E-state index contributed by atoms with van der Waals surface area (Å²) in [6.45, 7) is 0. The lowest BCUT2D eigenvalue weighted by atomic mass is 10.3. The van der Waals surface area contributed by atoms with E-state index in [1.807, 2.05) is 0 Å². The van der Waals surface area contributed by atoms with Crippen LogP contribution in [0.4, 0.5) is 10.1 Å². The SMILES string of the molecule is O=C1C(=Cc2ccc(Br)o2)SC(=S)N1c1ccc(F)cc1. The van der Waals surface area contributed by atoms with E-state index in [0.29, 0.717) is 25.3 Å². The Bertz CT molecular complexity index is 755. The lowest BCUT2D eigenvalue weighted by Crippen LogP contribution is -2.27. The number of amides is 1. The molecule has 1 fully saturated rings. The first-order valence-electron chi connectivity index (χ1n) is 5.83. The van der Waals surface area contributed by atoms with Gasteiger partial charge in [-0.15, -0.1) is 0 Å². The first-order chi connectivity index (χ1) is 10.0. The summed E-state index contributed by atoms with van der Waals surface area (Å²) in [7, 11) is 0. The molecule has 21 heavy (non-hydrogen) atoms. The van der Waals surface area contributed by atoms with Gasteiger partial charge in [0.25, 0.3) is 5.91 Å². The number of halogens is 2. The Labute approximate surface area is 137 Å². The molecule has 0 bridgehead atoms. The van der Waals surface area contributed by atoms with Crippen LogP contribution in [-0.4, -0.2) is 10.2 Å². The molecule has 0 saturated carbocycles. The standard InChI is InChI=1S/C14H7BrFNO2S2/c15-12-6-5-10(19-12)7-11-13(18)17(14(20)21-11)9-3-1-8(16)2-4-9/h1-7H. The molecule has 1 saturated heterocycles. The van der Waals surface area contributed by atoms with E-state index in [-0.39, 0.29) is 11.7 Å². The predicted octanol–water partition coefficient (Wildman–Crippen LogP) is 4.59. The second-order valence-corrected chi connectivity index (χ2v) is 6.59. The number of rotatable bonds is 2. The van der Waals surface area contributed by atoms with E-state index in [9.17, 15) is 9.18 Å². The molecular weight excluding hydrogens is 377 g/mol. The fraction of sp³-hybridized carbons (Fsp3) is 0. The lowest BCUT2D eigenvalue weighted by molar-refractivity contribution is -0.113. The van der Waals surface area contributed by atoms with E-state index in [0.717, 1.165) is 0 Å². The van der Waals surface area contributed by atoms with Gasteiger partial charge in [0.2, 0.25) is 0 Å². The maximum absolute atomic E-state index is 13.0. The monoisotopic (exact) mass is 383 g/mol. The number of thioether (sulfide) groups is 1. The van der Waals surface area contributed by atoms with Gasteiger partial charge in [-0.2, -0.15) is 0 Å². The number of carbonyl (C=O) groups excluding carboxylic acids is 1. The first kappa shape index (κ1) is 14.5. The fourth-order valence-corrected chi connectivity index (χ4v) is 3.41. The summed E-state index contributed by atoms with van der Waals surface area (Å²) in [4.78, 5) is 14.3. The van der Waals surface area contributed by atoms with E-state index in [4.69, 9.17) is 16.6 Å². The van der Waals surface area contributed by atoms with E-state index in [2.05, 4.69) is 15.9 Å². The van der Waals surface area contributed by atoms with Crippen molar-refractivity contribution in [3.8, 4) is 0 Å². The molecule has 2 heterocycles. The molecule has 7 heteroatoms. The van der Waals surface area contributed by atoms with Crippen LogP contribution in [0.25, 0.3) is 6.08 Å². The molecule has 0 unspecified atom stereocenters. The minimum Gasteiger partial charge on any atom is -0.450 e. The van der Waals surface area contributed by atoms with E-state index < -0.39 is 0 Å². The minimum absolute atomic E-state index is 0.246. The van der Waals surface area contributed by atoms with Crippen molar-refractivity contribution in [2.45, 2.75) is 0 Å². The summed E-state index contributed by atoms with van der Waals surface area (Å²) in [5.74, 6) is -0.0502. The van der Waals surface area contributed by atoms with E-state index in [1.54, 1.807) is 18.2 Å². The van der Waals surface area contributed by atoms with Gasteiger partial charge in [0.15, 0.2) is 8.99 Å². The normalized spacial score (nSPS) is 17.0. The topological polar surface area (TPSA) is 33.5 Å².